The number of halogens is 3. The van der Waals surface area contributed by atoms with Crippen LogP contribution in [0.5, 0.6) is 0 Å². The third kappa shape index (κ3) is 3.98. The summed E-state index contributed by atoms with van der Waals surface area (Å²) < 4.78 is 24.8. The summed E-state index contributed by atoms with van der Waals surface area (Å²) in [5.74, 6) is -2.75. The van der Waals surface area contributed by atoms with Gasteiger partial charge in [-0.1, -0.05) is 11.6 Å². The predicted octanol–water partition coefficient (Wildman–Crippen LogP) is 2.20. The summed E-state index contributed by atoms with van der Waals surface area (Å²) >= 11 is 5.49. The second-order valence-corrected chi connectivity index (χ2v) is 3.08. The van der Waals surface area contributed by atoms with Crippen LogP contribution in [0, 0.1) is 0 Å². The fourth-order valence-electron chi connectivity index (χ4n) is 0.695. The first-order valence-corrected chi connectivity index (χ1v) is 3.95. The van der Waals surface area contributed by atoms with Gasteiger partial charge in [-0.2, -0.15) is 5.10 Å². The van der Waals surface area contributed by atoms with E-state index in [0.717, 1.165) is 6.92 Å². The standard InChI is InChI=1S/C7H8ClF2N3/c1-7(9,10)4-11-5-2-6(8)13-12-3-5/h2-3H,4H2,1H3,(H,11,13). The zero-order valence-electron chi connectivity index (χ0n) is 6.89. The molecule has 3 nitrogen and oxygen atoms in total. The number of hydrogen-bond acceptors (Lipinski definition) is 3. The smallest absolute Gasteiger partial charge is 0.262 e. The van der Waals surface area contributed by atoms with Crippen LogP contribution in [0.2, 0.25) is 5.15 Å². The summed E-state index contributed by atoms with van der Waals surface area (Å²) in [5, 5.41) is 9.63. The first kappa shape index (κ1) is 10.1. The molecule has 1 rings (SSSR count). The lowest BCUT2D eigenvalue weighted by Crippen LogP contribution is -2.22. The van der Waals surface area contributed by atoms with Gasteiger partial charge in [0, 0.05) is 13.0 Å². The minimum absolute atomic E-state index is 0.171. The molecule has 0 bridgehead atoms. The van der Waals surface area contributed by atoms with Gasteiger partial charge in [0.15, 0.2) is 5.15 Å². The molecule has 72 valence electrons. The predicted molar refractivity (Wildman–Crippen MR) is 46.2 cm³/mol. The Morgan fingerprint density at radius 1 is 1.62 bits per heavy atom. The summed E-state index contributed by atoms with van der Waals surface area (Å²) in [6.45, 7) is 0.380. The second-order valence-electron chi connectivity index (χ2n) is 2.69. The molecule has 0 aliphatic carbocycles. The third-order valence-corrected chi connectivity index (χ3v) is 1.41. The molecule has 0 aromatic carbocycles. The normalized spacial score (nSPS) is 11.4. The highest BCUT2D eigenvalue weighted by Crippen LogP contribution is 2.15. The van der Waals surface area contributed by atoms with Crippen LogP contribution in [0.4, 0.5) is 14.5 Å². The van der Waals surface area contributed by atoms with Gasteiger partial charge in [0.2, 0.25) is 0 Å². The highest BCUT2D eigenvalue weighted by Gasteiger charge is 2.20. The number of rotatable bonds is 3. The Kier molecular flexibility index (Phi) is 2.98. The van der Waals surface area contributed by atoms with Crippen molar-refractivity contribution in [2.24, 2.45) is 0 Å². The number of anilines is 1. The van der Waals surface area contributed by atoms with E-state index in [2.05, 4.69) is 15.5 Å². The zero-order chi connectivity index (χ0) is 9.90. The first-order valence-electron chi connectivity index (χ1n) is 3.57. The van der Waals surface area contributed by atoms with E-state index in [1.807, 2.05) is 0 Å². The molecule has 0 unspecified atom stereocenters. The molecule has 1 N–H and O–H groups in total. The number of hydrogen-bond donors (Lipinski definition) is 1. The first-order chi connectivity index (χ1) is 5.97. The van der Waals surface area contributed by atoms with Gasteiger partial charge in [-0.3, -0.25) is 0 Å². The Hall–Kier alpha value is -0.970. The van der Waals surface area contributed by atoms with E-state index in [-0.39, 0.29) is 5.15 Å². The molecule has 1 aromatic rings. The quantitative estimate of drug-likeness (QED) is 0.826. The van der Waals surface area contributed by atoms with Crippen molar-refractivity contribution < 1.29 is 8.78 Å². The molecule has 0 radical (unpaired) electrons. The molecule has 1 heterocycles. The molecule has 0 atom stereocenters. The zero-order valence-corrected chi connectivity index (χ0v) is 7.65. The minimum Gasteiger partial charge on any atom is -0.378 e. The van der Waals surface area contributed by atoms with E-state index in [0.29, 0.717) is 5.69 Å². The lowest BCUT2D eigenvalue weighted by Gasteiger charge is -2.11. The van der Waals surface area contributed by atoms with Crippen LogP contribution in [0.3, 0.4) is 0 Å². The van der Waals surface area contributed by atoms with Crippen LogP contribution < -0.4 is 5.32 Å². The fourth-order valence-corrected chi connectivity index (χ4v) is 0.856. The molecule has 1 aromatic heterocycles. The summed E-state index contributed by atoms with van der Waals surface area (Å²) in [5.41, 5.74) is 0.432. The molecule has 0 saturated carbocycles. The number of alkyl halides is 2. The summed E-state index contributed by atoms with van der Waals surface area (Å²) in [7, 11) is 0. The molecule has 0 saturated heterocycles. The molecule has 0 aliphatic heterocycles. The Labute approximate surface area is 79.1 Å². The van der Waals surface area contributed by atoms with Gasteiger partial charge in [0.25, 0.3) is 5.92 Å². The van der Waals surface area contributed by atoms with Gasteiger partial charge in [0.05, 0.1) is 18.4 Å². The van der Waals surface area contributed by atoms with Crippen molar-refractivity contribution in [3.63, 3.8) is 0 Å². The SMILES string of the molecule is CC(F)(F)CNc1cnnc(Cl)c1. The van der Waals surface area contributed by atoms with E-state index >= 15 is 0 Å². The topological polar surface area (TPSA) is 37.8 Å². The molecule has 0 spiro atoms. The van der Waals surface area contributed by atoms with Gasteiger partial charge < -0.3 is 5.32 Å². The van der Waals surface area contributed by atoms with Gasteiger partial charge in [-0.15, -0.1) is 5.10 Å². The van der Waals surface area contributed by atoms with Crippen LogP contribution in [0.1, 0.15) is 6.92 Å². The molecular weight excluding hydrogens is 200 g/mol. The maximum Gasteiger partial charge on any atom is 0.262 e. The molecule has 0 amide bonds. The van der Waals surface area contributed by atoms with Crippen molar-refractivity contribution >= 4 is 17.3 Å². The van der Waals surface area contributed by atoms with Crippen LogP contribution in [0.15, 0.2) is 12.3 Å². The highest BCUT2D eigenvalue weighted by atomic mass is 35.5. The van der Waals surface area contributed by atoms with E-state index in [1.54, 1.807) is 0 Å². The Bertz CT molecular complexity index is 287. The maximum atomic E-state index is 12.4. The molecule has 6 heteroatoms. The lowest BCUT2D eigenvalue weighted by atomic mass is 10.3. The van der Waals surface area contributed by atoms with Gasteiger partial charge in [-0.05, 0) is 0 Å². The monoisotopic (exact) mass is 207 g/mol. The van der Waals surface area contributed by atoms with Crippen LogP contribution in [-0.4, -0.2) is 22.7 Å². The van der Waals surface area contributed by atoms with E-state index in [1.165, 1.54) is 12.3 Å². The second kappa shape index (κ2) is 3.83. The molecule has 13 heavy (non-hydrogen) atoms. The molecule has 0 fully saturated rings. The van der Waals surface area contributed by atoms with Crippen LogP contribution >= 0.6 is 11.6 Å². The lowest BCUT2D eigenvalue weighted by molar-refractivity contribution is 0.0367. The number of nitrogens with zero attached hydrogens (tertiary/aromatic N) is 2. The van der Waals surface area contributed by atoms with E-state index in [9.17, 15) is 8.78 Å². The van der Waals surface area contributed by atoms with Crippen molar-refractivity contribution in [3.05, 3.63) is 17.4 Å². The molecular formula is C7H8ClF2N3. The average molecular weight is 208 g/mol. The van der Waals surface area contributed by atoms with Crippen molar-refractivity contribution in [3.8, 4) is 0 Å². The number of aromatic nitrogens is 2. The minimum atomic E-state index is -2.75. The Balaban J connectivity index is 2.55. The van der Waals surface area contributed by atoms with E-state index in [4.69, 9.17) is 11.6 Å². The van der Waals surface area contributed by atoms with Crippen LogP contribution in [0.25, 0.3) is 0 Å². The fraction of sp³-hybridized carbons (Fsp3) is 0.429. The largest absolute Gasteiger partial charge is 0.378 e. The van der Waals surface area contributed by atoms with E-state index < -0.39 is 12.5 Å². The van der Waals surface area contributed by atoms with Gasteiger partial charge in [0.1, 0.15) is 0 Å². The Morgan fingerprint density at radius 3 is 2.85 bits per heavy atom. The summed E-state index contributed by atoms with van der Waals surface area (Å²) in [4.78, 5) is 0. The molecule has 0 aliphatic rings. The highest BCUT2D eigenvalue weighted by molar-refractivity contribution is 6.29. The van der Waals surface area contributed by atoms with Crippen molar-refractivity contribution in [1.29, 1.82) is 0 Å². The van der Waals surface area contributed by atoms with Crippen LogP contribution in [-0.2, 0) is 0 Å². The van der Waals surface area contributed by atoms with Gasteiger partial charge in [-0.25, -0.2) is 8.78 Å². The summed E-state index contributed by atoms with van der Waals surface area (Å²) in [6.07, 6.45) is 1.33. The average Bonchev–Trinajstić information content (AvgIpc) is 2.00. The number of nitrogens with one attached hydrogen (secondary N) is 1. The van der Waals surface area contributed by atoms with Gasteiger partial charge >= 0.3 is 0 Å². The Morgan fingerprint density at radius 2 is 2.31 bits per heavy atom. The van der Waals surface area contributed by atoms with Crippen molar-refractivity contribution in [2.75, 3.05) is 11.9 Å². The third-order valence-electron chi connectivity index (χ3n) is 1.23. The van der Waals surface area contributed by atoms with Crippen molar-refractivity contribution in [1.82, 2.24) is 10.2 Å². The maximum absolute atomic E-state index is 12.4. The van der Waals surface area contributed by atoms with Crippen molar-refractivity contribution in [2.45, 2.75) is 12.8 Å². The summed E-state index contributed by atoms with van der Waals surface area (Å²) in [6, 6.07) is 1.43.